The molecule has 29 heavy (non-hydrogen) atoms. The number of rotatable bonds is 7. The van der Waals surface area contributed by atoms with Crippen molar-refractivity contribution in [2.75, 3.05) is 0 Å². The van der Waals surface area contributed by atoms with E-state index < -0.39 is 0 Å². The van der Waals surface area contributed by atoms with Crippen molar-refractivity contribution in [2.45, 2.75) is 43.2 Å². The average molecular weight is 445 g/mol. The van der Waals surface area contributed by atoms with Gasteiger partial charge in [0.1, 0.15) is 0 Å². The number of hydrogen-bond donors (Lipinski definition) is 0. The van der Waals surface area contributed by atoms with Crippen LogP contribution in [0.5, 0.6) is 0 Å². The lowest BCUT2D eigenvalue weighted by atomic mass is 10.1. The average Bonchev–Trinajstić information content (AvgIpc) is 2.97. The molecule has 150 valence electrons. The maximum absolute atomic E-state index is 11.5. The van der Waals surface area contributed by atoms with Crippen LogP contribution < -0.4 is 0 Å². The summed E-state index contributed by atoms with van der Waals surface area (Å²) in [4.78, 5) is 16.6. The number of ketones is 1. The third-order valence-corrected chi connectivity index (χ3v) is 5.92. The Hall–Kier alpha value is -2.01. The highest BCUT2D eigenvalue weighted by Gasteiger charge is 2.18. The van der Waals surface area contributed by atoms with E-state index in [1.54, 1.807) is 43.2 Å². The van der Waals surface area contributed by atoms with Gasteiger partial charge in [-0.15, -0.1) is 0 Å². The summed E-state index contributed by atoms with van der Waals surface area (Å²) in [6, 6.07) is 11.7. The quantitative estimate of drug-likeness (QED) is 0.363. The topological polar surface area (TPSA) is 34.9 Å². The second-order valence-corrected chi connectivity index (χ2v) is 9.01. The first-order valence-corrected chi connectivity index (χ1v) is 10.9. The number of carbonyl (C=O) groups excluding carboxylic acids is 1. The van der Waals surface area contributed by atoms with Crippen molar-refractivity contribution in [3.05, 3.63) is 81.7 Å². The number of benzene rings is 1. The van der Waals surface area contributed by atoms with Gasteiger partial charge in [-0.25, -0.2) is 0 Å². The summed E-state index contributed by atoms with van der Waals surface area (Å²) in [6.07, 6.45) is 7.06. The zero-order valence-corrected chi connectivity index (χ0v) is 18.9. The first-order chi connectivity index (χ1) is 13.8. The molecule has 3 aromatic rings. The van der Waals surface area contributed by atoms with Gasteiger partial charge in [-0.05, 0) is 72.5 Å². The first-order valence-electron chi connectivity index (χ1n) is 9.28. The predicted molar refractivity (Wildman–Crippen MR) is 122 cm³/mol. The maximum atomic E-state index is 11.5. The van der Waals surface area contributed by atoms with Crippen LogP contribution in [0.15, 0.2) is 64.8 Å². The summed E-state index contributed by atoms with van der Waals surface area (Å²) in [6.45, 7) is 6.56. The van der Waals surface area contributed by atoms with Crippen molar-refractivity contribution in [3.8, 4) is 0 Å². The first kappa shape index (κ1) is 21.7. The molecular weight excluding hydrogens is 423 g/mol. The van der Waals surface area contributed by atoms with Crippen LogP contribution in [0.3, 0.4) is 0 Å². The summed E-state index contributed by atoms with van der Waals surface area (Å²) in [5, 5.41) is 2.32. The van der Waals surface area contributed by atoms with Crippen LogP contribution in [0.2, 0.25) is 10.0 Å². The highest BCUT2D eigenvalue weighted by molar-refractivity contribution is 7.99. The Labute approximate surface area is 185 Å². The lowest BCUT2D eigenvalue weighted by Gasteiger charge is -2.15. The molecule has 0 aliphatic carbocycles. The number of hydrogen-bond acceptors (Lipinski definition) is 3. The third-order valence-electron chi connectivity index (χ3n) is 4.36. The predicted octanol–water partition coefficient (Wildman–Crippen LogP) is 7.12. The molecule has 0 aliphatic heterocycles. The van der Waals surface area contributed by atoms with Crippen LogP contribution in [0.1, 0.15) is 43.5 Å². The minimum atomic E-state index is 0.0172. The number of carbonyl (C=O) groups is 1. The molecule has 0 spiro atoms. The number of aromatic nitrogens is 2. The highest BCUT2D eigenvalue weighted by atomic mass is 35.5. The van der Waals surface area contributed by atoms with Gasteiger partial charge in [0.2, 0.25) is 0 Å². The largest absolute Gasteiger partial charge is 0.331 e. The van der Waals surface area contributed by atoms with Crippen LogP contribution in [0.4, 0.5) is 0 Å². The van der Waals surface area contributed by atoms with Gasteiger partial charge in [0, 0.05) is 39.6 Å². The minimum absolute atomic E-state index is 0.0172. The Bertz CT molecular complexity index is 1020. The van der Waals surface area contributed by atoms with Crippen molar-refractivity contribution >= 4 is 46.8 Å². The molecule has 0 radical (unpaired) electrons. The molecule has 0 saturated heterocycles. The summed E-state index contributed by atoms with van der Waals surface area (Å²) in [7, 11) is 0. The van der Waals surface area contributed by atoms with Crippen LogP contribution in [0, 0.1) is 0 Å². The molecule has 2 aromatic heterocycles. The van der Waals surface area contributed by atoms with E-state index >= 15 is 0 Å². The standard InChI is InChI=1S/C23H22Cl2N2OS/c1-15(2)22-13-20(5-4-16(3)28)27(14-17-6-8-26-9-7-17)23(22)29-21-11-18(24)10-19(25)12-21/h4-13,15H,14H2,1-3H3. The molecule has 3 rings (SSSR count). The fourth-order valence-electron chi connectivity index (χ4n) is 2.97. The van der Waals surface area contributed by atoms with E-state index in [0.29, 0.717) is 22.5 Å². The lowest BCUT2D eigenvalue weighted by molar-refractivity contribution is -0.112. The number of halogens is 2. The SMILES string of the molecule is CC(=O)C=Cc1cc(C(C)C)c(Sc2cc(Cl)cc(Cl)c2)n1Cc1ccncc1. The number of allylic oxidation sites excluding steroid dienone is 1. The molecule has 3 nitrogen and oxygen atoms in total. The second kappa shape index (κ2) is 9.66. The Balaban J connectivity index is 2.13. The highest BCUT2D eigenvalue weighted by Crippen LogP contribution is 2.39. The fourth-order valence-corrected chi connectivity index (χ4v) is 4.92. The summed E-state index contributed by atoms with van der Waals surface area (Å²) in [5.41, 5.74) is 3.33. The zero-order valence-electron chi connectivity index (χ0n) is 16.5. The van der Waals surface area contributed by atoms with Gasteiger partial charge in [0.05, 0.1) is 5.03 Å². The summed E-state index contributed by atoms with van der Waals surface area (Å²) >= 11 is 14.1. The molecule has 0 fully saturated rings. The Morgan fingerprint density at radius 3 is 2.38 bits per heavy atom. The zero-order chi connectivity index (χ0) is 21.0. The molecule has 6 heteroatoms. The van der Waals surface area contributed by atoms with Crippen molar-refractivity contribution in [1.29, 1.82) is 0 Å². The van der Waals surface area contributed by atoms with Crippen molar-refractivity contribution in [2.24, 2.45) is 0 Å². The summed E-state index contributed by atoms with van der Waals surface area (Å²) < 4.78 is 2.23. The van der Waals surface area contributed by atoms with Gasteiger partial charge in [-0.3, -0.25) is 9.78 Å². The van der Waals surface area contributed by atoms with Crippen molar-refractivity contribution < 1.29 is 4.79 Å². The van der Waals surface area contributed by atoms with E-state index in [1.807, 2.05) is 30.3 Å². The van der Waals surface area contributed by atoms with Crippen LogP contribution in [0.25, 0.3) is 6.08 Å². The van der Waals surface area contributed by atoms with Crippen molar-refractivity contribution in [3.63, 3.8) is 0 Å². The molecule has 0 amide bonds. The number of nitrogens with zero attached hydrogens (tertiary/aromatic N) is 2. The molecule has 0 unspecified atom stereocenters. The Kier molecular flexibility index (Phi) is 7.23. The second-order valence-electron chi connectivity index (χ2n) is 7.08. The molecular formula is C23H22Cl2N2OS. The Morgan fingerprint density at radius 2 is 1.79 bits per heavy atom. The van der Waals surface area contributed by atoms with E-state index in [9.17, 15) is 4.79 Å². The smallest absolute Gasteiger partial charge is 0.152 e. The van der Waals surface area contributed by atoms with E-state index in [-0.39, 0.29) is 5.78 Å². The molecule has 0 N–H and O–H groups in total. The van der Waals surface area contributed by atoms with Crippen molar-refractivity contribution in [1.82, 2.24) is 9.55 Å². The number of pyridine rings is 1. The molecule has 0 bridgehead atoms. The summed E-state index contributed by atoms with van der Waals surface area (Å²) in [5.74, 6) is 0.332. The minimum Gasteiger partial charge on any atom is -0.331 e. The van der Waals surface area contributed by atoms with E-state index in [2.05, 4.69) is 29.5 Å². The third kappa shape index (κ3) is 5.75. The fraction of sp³-hybridized carbons (Fsp3) is 0.217. The van der Waals surface area contributed by atoms with E-state index in [1.165, 1.54) is 5.56 Å². The van der Waals surface area contributed by atoms with Gasteiger partial charge in [-0.1, -0.05) is 48.8 Å². The van der Waals surface area contributed by atoms with Gasteiger partial charge in [0.25, 0.3) is 0 Å². The molecule has 0 aliphatic rings. The van der Waals surface area contributed by atoms with Crippen LogP contribution in [-0.2, 0) is 11.3 Å². The lowest BCUT2D eigenvalue weighted by Crippen LogP contribution is -2.04. The van der Waals surface area contributed by atoms with Crippen LogP contribution in [-0.4, -0.2) is 15.3 Å². The normalized spacial score (nSPS) is 11.5. The van der Waals surface area contributed by atoms with Gasteiger partial charge >= 0.3 is 0 Å². The van der Waals surface area contributed by atoms with E-state index in [4.69, 9.17) is 23.2 Å². The monoisotopic (exact) mass is 444 g/mol. The van der Waals surface area contributed by atoms with Gasteiger partial charge in [-0.2, -0.15) is 0 Å². The maximum Gasteiger partial charge on any atom is 0.152 e. The van der Waals surface area contributed by atoms with E-state index in [0.717, 1.165) is 21.2 Å². The molecule has 2 heterocycles. The Morgan fingerprint density at radius 1 is 1.14 bits per heavy atom. The van der Waals surface area contributed by atoms with Gasteiger partial charge in [0.15, 0.2) is 5.78 Å². The van der Waals surface area contributed by atoms with Gasteiger partial charge < -0.3 is 4.57 Å². The molecule has 0 atom stereocenters. The van der Waals surface area contributed by atoms with Crippen LogP contribution >= 0.6 is 35.0 Å². The molecule has 1 aromatic carbocycles. The molecule has 0 saturated carbocycles.